The normalized spacial score (nSPS) is 11.5. The molecule has 0 radical (unpaired) electrons. The molecule has 0 unspecified atom stereocenters. The maximum atomic E-state index is 13.3. The number of halogens is 1. The summed E-state index contributed by atoms with van der Waals surface area (Å²) in [6, 6.07) is 32.8. The third kappa shape index (κ3) is 5.77. The molecule has 1 amide bonds. The van der Waals surface area contributed by atoms with E-state index in [1.54, 1.807) is 12.1 Å². The third-order valence-corrected chi connectivity index (χ3v) is 7.39. The van der Waals surface area contributed by atoms with Gasteiger partial charge in [0.1, 0.15) is 0 Å². The Morgan fingerprint density at radius 2 is 1.55 bits per heavy atom. The molecule has 5 aromatic rings. The van der Waals surface area contributed by atoms with E-state index in [4.69, 9.17) is 0 Å². The average molecular weight is 584 g/mol. The molecule has 4 aromatic carbocycles. The summed E-state index contributed by atoms with van der Waals surface area (Å²) in [6.07, 6.45) is 0. The quantitative estimate of drug-likeness (QED) is 0.103. The smallest absolute Gasteiger partial charge is 0.266 e. The Labute approximate surface area is 232 Å². The number of aromatic nitrogens is 2. The molecule has 8 heteroatoms. The summed E-state index contributed by atoms with van der Waals surface area (Å²) in [7, 11) is 0. The van der Waals surface area contributed by atoms with Gasteiger partial charge in [-0.1, -0.05) is 94.4 Å². The SMILES string of the molecule is CC(=NNC(=O)CSc1nc2ccccc2c(=O)n1-c1ccc(Br)cc1)c1ccc(-c2ccccc2)cc1. The molecule has 0 fully saturated rings. The number of carbonyl (C=O) groups is 1. The fraction of sp³-hybridized carbons (Fsp3) is 0.0667. The highest BCUT2D eigenvalue weighted by Crippen LogP contribution is 2.23. The standard InChI is InChI=1S/C30H23BrN4O2S/c1-20(21-11-13-23(14-12-21)22-7-3-2-4-8-22)33-34-28(36)19-38-30-32-27-10-6-5-9-26(27)29(37)35(30)25-17-15-24(31)16-18-25/h2-18H,19H2,1H3,(H,34,36). The van der Waals surface area contributed by atoms with Crippen LogP contribution in [0.1, 0.15) is 12.5 Å². The first-order valence-electron chi connectivity index (χ1n) is 11.9. The predicted octanol–water partition coefficient (Wildman–Crippen LogP) is 6.45. The summed E-state index contributed by atoms with van der Waals surface area (Å²) in [5, 5.41) is 5.23. The van der Waals surface area contributed by atoms with Crippen LogP contribution in [-0.2, 0) is 4.79 Å². The van der Waals surface area contributed by atoms with Crippen LogP contribution >= 0.6 is 27.7 Å². The van der Waals surface area contributed by atoms with Crippen LogP contribution in [0.15, 0.2) is 123 Å². The Morgan fingerprint density at radius 3 is 2.29 bits per heavy atom. The third-order valence-electron chi connectivity index (χ3n) is 5.92. The summed E-state index contributed by atoms with van der Waals surface area (Å²) in [5.41, 5.74) is 7.56. The van der Waals surface area contributed by atoms with Crippen molar-refractivity contribution in [1.82, 2.24) is 15.0 Å². The van der Waals surface area contributed by atoms with Gasteiger partial charge in [0, 0.05) is 4.47 Å². The number of benzene rings is 4. The minimum Gasteiger partial charge on any atom is -0.272 e. The van der Waals surface area contributed by atoms with Gasteiger partial charge in [-0.05, 0) is 60.0 Å². The molecule has 0 aliphatic heterocycles. The van der Waals surface area contributed by atoms with E-state index in [1.807, 2.05) is 85.8 Å². The average Bonchev–Trinajstić information content (AvgIpc) is 2.96. The van der Waals surface area contributed by atoms with Gasteiger partial charge in [0.15, 0.2) is 5.16 Å². The van der Waals surface area contributed by atoms with Crippen LogP contribution < -0.4 is 11.0 Å². The van der Waals surface area contributed by atoms with Crippen LogP contribution in [0.2, 0.25) is 0 Å². The van der Waals surface area contributed by atoms with Crippen molar-refractivity contribution in [3.8, 4) is 16.8 Å². The lowest BCUT2D eigenvalue weighted by atomic mass is 10.0. The maximum absolute atomic E-state index is 13.3. The second kappa shape index (κ2) is 11.6. The van der Waals surface area contributed by atoms with Crippen LogP contribution in [-0.4, -0.2) is 26.9 Å². The Bertz CT molecular complexity index is 1680. The Kier molecular flexibility index (Phi) is 7.81. The van der Waals surface area contributed by atoms with Crippen molar-refractivity contribution in [2.45, 2.75) is 12.1 Å². The lowest BCUT2D eigenvalue weighted by molar-refractivity contribution is -0.118. The lowest BCUT2D eigenvalue weighted by Gasteiger charge is -2.13. The summed E-state index contributed by atoms with van der Waals surface area (Å²) < 4.78 is 2.44. The molecule has 0 saturated carbocycles. The fourth-order valence-corrected chi connectivity index (χ4v) is 5.00. The van der Waals surface area contributed by atoms with Crippen LogP contribution in [0, 0.1) is 0 Å². The van der Waals surface area contributed by atoms with E-state index >= 15 is 0 Å². The topological polar surface area (TPSA) is 76.3 Å². The molecule has 0 aliphatic rings. The van der Waals surface area contributed by atoms with Gasteiger partial charge in [-0.15, -0.1) is 0 Å². The first-order valence-corrected chi connectivity index (χ1v) is 13.7. The number of carbonyl (C=O) groups excluding carboxylic acids is 1. The van der Waals surface area contributed by atoms with Gasteiger partial charge < -0.3 is 0 Å². The van der Waals surface area contributed by atoms with Crippen molar-refractivity contribution < 1.29 is 4.79 Å². The molecule has 5 rings (SSSR count). The number of para-hydroxylation sites is 1. The van der Waals surface area contributed by atoms with Gasteiger partial charge in [-0.2, -0.15) is 5.10 Å². The number of fused-ring (bicyclic) bond motifs is 1. The van der Waals surface area contributed by atoms with Crippen molar-refractivity contribution in [2.75, 3.05) is 5.75 Å². The van der Waals surface area contributed by atoms with Crippen molar-refractivity contribution in [3.05, 3.63) is 124 Å². The van der Waals surface area contributed by atoms with Crippen LogP contribution in [0.4, 0.5) is 0 Å². The Balaban J connectivity index is 1.31. The molecular formula is C30H23BrN4O2S. The highest BCUT2D eigenvalue weighted by Gasteiger charge is 2.15. The molecule has 0 aliphatic carbocycles. The van der Waals surface area contributed by atoms with E-state index in [0.717, 1.165) is 21.2 Å². The fourth-order valence-electron chi connectivity index (χ4n) is 3.93. The summed E-state index contributed by atoms with van der Waals surface area (Å²) in [4.78, 5) is 30.7. The zero-order valence-corrected chi connectivity index (χ0v) is 22.9. The van der Waals surface area contributed by atoms with Gasteiger partial charge in [0.05, 0.1) is 28.1 Å². The number of nitrogens with zero attached hydrogens (tertiary/aromatic N) is 3. The Hall–Kier alpha value is -4.01. The van der Waals surface area contributed by atoms with Crippen molar-refractivity contribution in [1.29, 1.82) is 0 Å². The van der Waals surface area contributed by atoms with Gasteiger partial charge in [-0.3, -0.25) is 14.2 Å². The molecule has 0 bridgehead atoms. The van der Waals surface area contributed by atoms with Gasteiger partial charge in [-0.25, -0.2) is 10.4 Å². The molecule has 6 nitrogen and oxygen atoms in total. The summed E-state index contributed by atoms with van der Waals surface area (Å²) in [6.45, 7) is 1.85. The number of hydrogen-bond acceptors (Lipinski definition) is 5. The van der Waals surface area contributed by atoms with Gasteiger partial charge in [0.25, 0.3) is 11.5 Å². The van der Waals surface area contributed by atoms with E-state index in [1.165, 1.54) is 16.3 Å². The van der Waals surface area contributed by atoms with Crippen LogP contribution in [0.3, 0.4) is 0 Å². The van der Waals surface area contributed by atoms with Gasteiger partial charge in [0.2, 0.25) is 0 Å². The second-order valence-corrected chi connectivity index (χ2v) is 10.4. The first-order chi connectivity index (χ1) is 18.5. The molecule has 1 heterocycles. The number of rotatable bonds is 7. The molecule has 1 N–H and O–H groups in total. The van der Waals surface area contributed by atoms with Crippen molar-refractivity contribution in [3.63, 3.8) is 0 Å². The summed E-state index contributed by atoms with van der Waals surface area (Å²) in [5.74, 6) is -0.245. The molecule has 0 saturated heterocycles. The molecular weight excluding hydrogens is 560 g/mol. The number of thioether (sulfide) groups is 1. The number of amides is 1. The lowest BCUT2D eigenvalue weighted by Crippen LogP contribution is -2.24. The van der Waals surface area contributed by atoms with E-state index in [-0.39, 0.29) is 17.2 Å². The van der Waals surface area contributed by atoms with E-state index in [2.05, 4.69) is 43.6 Å². The van der Waals surface area contributed by atoms with Crippen molar-refractivity contribution in [2.24, 2.45) is 5.10 Å². The predicted molar refractivity (Wildman–Crippen MR) is 158 cm³/mol. The number of hydrazone groups is 1. The minimum absolute atomic E-state index is 0.0467. The zero-order chi connectivity index (χ0) is 26.5. The van der Waals surface area contributed by atoms with Gasteiger partial charge >= 0.3 is 0 Å². The van der Waals surface area contributed by atoms with Crippen molar-refractivity contribution >= 4 is 50.2 Å². The monoisotopic (exact) mass is 582 g/mol. The largest absolute Gasteiger partial charge is 0.272 e. The number of nitrogens with one attached hydrogen (secondary N) is 1. The zero-order valence-electron chi connectivity index (χ0n) is 20.5. The maximum Gasteiger partial charge on any atom is 0.266 e. The second-order valence-electron chi connectivity index (χ2n) is 8.49. The first kappa shape index (κ1) is 25.6. The van der Waals surface area contributed by atoms with Crippen LogP contribution in [0.25, 0.3) is 27.7 Å². The minimum atomic E-state index is -0.292. The summed E-state index contributed by atoms with van der Waals surface area (Å²) >= 11 is 4.62. The number of hydrogen-bond donors (Lipinski definition) is 1. The van der Waals surface area contributed by atoms with Crippen LogP contribution in [0.5, 0.6) is 0 Å². The molecule has 0 spiro atoms. The van der Waals surface area contributed by atoms with E-state index in [9.17, 15) is 9.59 Å². The highest BCUT2D eigenvalue weighted by molar-refractivity contribution is 9.10. The highest BCUT2D eigenvalue weighted by atomic mass is 79.9. The molecule has 1 aromatic heterocycles. The molecule has 188 valence electrons. The van der Waals surface area contributed by atoms with E-state index < -0.39 is 0 Å². The Morgan fingerprint density at radius 1 is 0.895 bits per heavy atom. The molecule has 38 heavy (non-hydrogen) atoms. The molecule has 0 atom stereocenters. The van der Waals surface area contributed by atoms with E-state index in [0.29, 0.717) is 27.5 Å².